The summed E-state index contributed by atoms with van der Waals surface area (Å²) in [4.78, 5) is 25.3. The normalized spacial score (nSPS) is 18.6. The van der Waals surface area contributed by atoms with Crippen LogP contribution in [0.25, 0.3) is 0 Å². The van der Waals surface area contributed by atoms with Crippen LogP contribution in [0.4, 0.5) is 5.69 Å². The number of nitrogens with one attached hydrogen (secondary N) is 1. The van der Waals surface area contributed by atoms with E-state index in [4.69, 9.17) is 5.26 Å². The molecular formula is C14H14BrN3O2. The SMILES string of the molecule is CC(C)N1C(=O)CC(Nc2cc(Br)ccc2C#N)C1=O. The van der Waals surface area contributed by atoms with E-state index in [-0.39, 0.29) is 24.3 Å². The third-order valence-corrected chi connectivity index (χ3v) is 3.62. The molecule has 1 aliphatic rings. The van der Waals surface area contributed by atoms with Crippen molar-refractivity contribution < 1.29 is 9.59 Å². The number of likely N-dealkylation sites (tertiary alicyclic amines) is 1. The number of nitrogens with zero attached hydrogens (tertiary/aromatic N) is 2. The molecule has 1 aromatic rings. The summed E-state index contributed by atoms with van der Waals surface area (Å²) in [5, 5.41) is 12.1. The summed E-state index contributed by atoms with van der Waals surface area (Å²) in [6, 6.07) is 6.45. The van der Waals surface area contributed by atoms with E-state index < -0.39 is 6.04 Å². The molecule has 20 heavy (non-hydrogen) atoms. The van der Waals surface area contributed by atoms with Gasteiger partial charge in [0.25, 0.3) is 5.91 Å². The number of anilines is 1. The second kappa shape index (κ2) is 5.63. The summed E-state index contributed by atoms with van der Waals surface area (Å²) in [5.41, 5.74) is 0.995. The van der Waals surface area contributed by atoms with Gasteiger partial charge in [-0.1, -0.05) is 15.9 Å². The molecule has 104 valence electrons. The Balaban J connectivity index is 2.24. The zero-order valence-electron chi connectivity index (χ0n) is 11.2. The maximum Gasteiger partial charge on any atom is 0.252 e. The molecule has 1 N–H and O–H groups in total. The van der Waals surface area contributed by atoms with Crippen LogP contribution in [-0.4, -0.2) is 28.8 Å². The quantitative estimate of drug-likeness (QED) is 0.860. The summed E-state index contributed by atoms with van der Waals surface area (Å²) in [6.07, 6.45) is 0.119. The van der Waals surface area contributed by atoms with E-state index >= 15 is 0 Å². The summed E-state index contributed by atoms with van der Waals surface area (Å²) in [5.74, 6) is -0.426. The van der Waals surface area contributed by atoms with Gasteiger partial charge in [0, 0.05) is 10.5 Å². The first-order chi connectivity index (χ1) is 9.43. The van der Waals surface area contributed by atoms with E-state index in [0.29, 0.717) is 11.3 Å². The van der Waals surface area contributed by atoms with Crippen molar-refractivity contribution >= 4 is 33.4 Å². The van der Waals surface area contributed by atoms with Crippen LogP contribution in [0.1, 0.15) is 25.8 Å². The lowest BCUT2D eigenvalue weighted by Crippen LogP contribution is -2.39. The first-order valence-electron chi connectivity index (χ1n) is 6.26. The number of amides is 2. The van der Waals surface area contributed by atoms with Crippen LogP contribution in [0.3, 0.4) is 0 Å². The highest BCUT2D eigenvalue weighted by atomic mass is 79.9. The van der Waals surface area contributed by atoms with E-state index in [0.717, 1.165) is 4.47 Å². The molecular weight excluding hydrogens is 322 g/mol. The van der Waals surface area contributed by atoms with Gasteiger partial charge < -0.3 is 5.32 Å². The molecule has 2 rings (SSSR count). The fraction of sp³-hybridized carbons (Fsp3) is 0.357. The average molecular weight is 336 g/mol. The smallest absolute Gasteiger partial charge is 0.252 e. The fourth-order valence-corrected chi connectivity index (χ4v) is 2.59. The van der Waals surface area contributed by atoms with Gasteiger partial charge in [-0.25, -0.2) is 0 Å². The van der Waals surface area contributed by atoms with Crippen molar-refractivity contribution in [3.05, 3.63) is 28.2 Å². The molecule has 5 nitrogen and oxygen atoms in total. The van der Waals surface area contributed by atoms with Crippen LogP contribution in [0.2, 0.25) is 0 Å². The molecule has 1 saturated heterocycles. The van der Waals surface area contributed by atoms with Gasteiger partial charge in [0.05, 0.1) is 17.7 Å². The maximum atomic E-state index is 12.2. The zero-order chi connectivity index (χ0) is 14.9. The van der Waals surface area contributed by atoms with Crippen molar-refractivity contribution in [1.29, 1.82) is 5.26 Å². The number of hydrogen-bond donors (Lipinski definition) is 1. The number of benzene rings is 1. The molecule has 0 spiro atoms. The van der Waals surface area contributed by atoms with Gasteiger partial charge in [-0.15, -0.1) is 0 Å². The van der Waals surface area contributed by atoms with Gasteiger partial charge in [0.2, 0.25) is 5.91 Å². The van der Waals surface area contributed by atoms with E-state index in [2.05, 4.69) is 27.3 Å². The average Bonchev–Trinajstić information content (AvgIpc) is 2.64. The van der Waals surface area contributed by atoms with Crippen molar-refractivity contribution in [3.63, 3.8) is 0 Å². The molecule has 1 aliphatic heterocycles. The van der Waals surface area contributed by atoms with Crippen LogP contribution in [-0.2, 0) is 9.59 Å². The number of hydrogen-bond acceptors (Lipinski definition) is 4. The molecule has 1 aromatic carbocycles. The van der Waals surface area contributed by atoms with Gasteiger partial charge in [0.1, 0.15) is 12.1 Å². The van der Waals surface area contributed by atoms with Gasteiger partial charge in [0.15, 0.2) is 0 Å². The highest BCUT2D eigenvalue weighted by Gasteiger charge is 2.40. The minimum atomic E-state index is -0.605. The van der Waals surface area contributed by atoms with Gasteiger partial charge in [-0.2, -0.15) is 5.26 Å². The lowest BCUT2D eigenvalue weighted by atomic mass is 10.1. The van der Waals surface area contributed by atoms with Gasteiger partial charge in [-0.05, 0) is 32.0 Å². The topological polar surface area (TPSA) is 73.2 Å². The molecule has 1 heterocycles. The summed E-state index contributed by atoms with van der Waals surface area (Å²) in [6.45, 7) is 3.61. The molecule has 1 atom stereocenters. The molecule has 1 unspecified atom stereocenters. The van der Waals surface area contributed by atoms with Crippen molar-refractivity contribution in [2.75, 3.05) is 5.32 Å². The molecule has 0 aromatic heterocycles. The molecule has 6 heteroatoms. The Kier molecular flexibility index (Phi) is 4.09. The van der Waals surface area contributed by atoms with Crippen LogP contribution in [0, 0.1) is 11.3 Å². The van der Waals surface area contributed by atoms with Crippen molar-refractivity contribution in [3.8, 4) is 6.07 Å². The molecule has 0 radical (unpaired) electrons. The van der Waals surface area contributed by atoms with Gasteiger partial charge in [-0.3, -0.25) is 14.5 Å². The first-order valence-corrected chi connectivity index (χ1v) is 7.05. The van der Waals surface area contributed by atoms with Crippen molar-refractivity contribution in [1.82, 2.24) is 4.90 Å². The summed E-state index contributed by atoms with van der Waals surface area (Å²) in [7, 11) is 0. The van der Waals surface area contributed by atoms with E-state index in [1.54, 1.807) is 32.0 Å². The highest BCUT2D eigenvalue weighted by Crippen LogP contribution is 2.25. The lowest BCUT2D eigenvalue weighted by Gasteiger charge is -2.19. The molecule has 0 bridgehead atoms. The Morgan fingerprint density at radius 3 is 2.70 bits per heavy atom. The van der Waals surface area contributed by atoms with Crippen molar-refractivity contribution in [2.45, 2.75) is 32.4 Å². The second-order valence-corrected chi connectivity index (χ2v) is 5.81. The highest BCUT2D eigenvalue weighted by molar-refractivity contribution is 9.10. The predicted octanol–water partition coefficient (Wildman–Crippen LogP) is 2.27. The Hall–Kier alpha value is -1.87. The molecule has 1 fully saturated rings. The monoisotopic (exact) mass is 335 g/mol. The summed E-state index contributed by atoms with van der Waals surface area (Å²) < 4.78 is 0.802. The number of carbonyl (C=O) groups excluding carboxylic acids is 2. The molecule has 0 saturated carbocycles. The Morgan fingerprint density at radius 2 is 2.15 bits per heavy atom. The number of carbonyl (C=O) groups is 2. The number of halogens is 1. The predicted molar refractivity (Wildman–Crippen MR) is 77.9 cm³/mol. The zero-order valence-corrected chi connectivity index (χ0v) is 12.8. The Labute approximate surface area is 125 Å². The number of imide groups is 1. The standard InChI is InChI=1S/C14H14BrN3O2/c1-8(2)18-13(19)6-12(14(18)20)17-11-5-10(15)4-3-9(11)7-16/h3-5,8,12,17H,6H2,1-2H3. The Morgan fingerprint density at radius 1 is 1.45 bits per heavy atom. The van der Waals surface area contributed by atoms with E-state index in [9.17, 15) is 9.59 Å². The van der Waals surface area contributed by atoms with E-state index in [1.165, 1.54) is 4.90 Å². The third-order valence-electron chi connectivity index (χ3n) is 3.13. The summed E-state index contributed by atoms with van der Waals surface area (Å²) >= 11 is 3.33. The third kappa shape index (κ3) is 2.68. The second-order valence-electron chi connectivity index (χ2n) is 4.90. The van der Waals surface area contributed by atoms with Gasteiger partial charge >= 0.3 is 0 Å². The maximum absolute atomic E-state index is 12.2. The fourth-order valence-electron chi connectivity index (χ4n) is 2.23. The van der Waals surface area contributed by atoms with Crippen molar-refractivity contribution in [2.24, 2.45) is 0 Å². The minimum Gasteiger partial charge on any atom is -0.372 e. The van der Waals surface area contributed by atoms with Crippen LogP contribution in [0.5, 0.6) is 0 Å². The Bertz CT molecular complexity index is 607. The van der Waals surface area contributed by atoms with E-state index in [1.807, 2.05) is 0 Å². The number of nitriles is 1. The minimum absolute atomic E-state index is 0.119. The van der Waals surface area contributed by atoms with Crippen LogP contribution in [0.15, 0.2) is 22.7 Å². The van der Waals surface area contributed by atoms with Crippen LogP contribution >= 0.6 is 15.9 Å². The lowest BCUT2D eigenvalue weighted by molar-refractivity contribution is -0.140. The molecule has 2 amide bonds. The largest absolute Gasteiger partial charge is 0.372 e. The molecule has 0 aliphatic carbocycles. The first kappa shape index (κ1) is 14.5. The van der Waals surface area contributed by atoms with Crippen LogP contribution < -0.4 is 5.32 Å². The number of rotatable bonds is 3.